The third-order valence-electron chi connectivity index (χ3n) is 5.28. The highest BCUT2D eigenvalue weighted by Gasteiger charge is 2.24. The lowest BCUT2D eigenvalue weighted by molar-refractivity contribution is -0.384. The molecule has 3 rings (SSSR count). The summed E-state index contributed by atoms with van der Waals surface area (Å²) in [6, 6.07) is 16.9. The normalized spacial score (nSPS) is 14.8. The Bertz CT molecular complexity index is 833. The van der Waals surface area contributed by atoms with Crippen LogP contribution < -0.4 is 4.90 Å². The zero-order valence-electron chi connectivity index (χ0n) is 17.0. The van der Waals surface area contributed by atoms with Crippen LogP contribution in [-0.2, 0) is 11.3 Å². The Morgan fingerprint density at radius 2 is 1.76 bits per heavy atom. The molecule has 154 valence electrons. The number of nitro benzene ring substituents is 1. The van der Waals surface area contributed by atoms with Gasteiger partial charge in [0, 0.05) is 56.6 Å². The van der Waals surface area contributed by atoms with Crippen LogP contribution in [0.2, 0.25) is 0 Å². The SMILES string of the molecule is CC(C)N(Cc1ccccc1)C(=O)CN1CCN(c2cccc([N+](=O)[O-])c2)CC1. The Labute approximate surface area is 171 Å². The lowest BCUT2D eigenvalue weighted by Gasteiger charge is -2.37. The van der Waals surface area contributed by atoms with Gasteiger partial charge in [0.05, 0.1) is 11.5 Å². The molecule has 1 heterocycles. The first-order valence-corrected chi connectivity index (χ1v) is 9.99. The van der Waals surface area contributed by atoms with Gasteiger partial charge in [0.2, 0.25) is 5.91 Å². The standard InChI is InChI=1S/C22H28N4O3/c1-18(2)25(16-19-7-4-3-5-8-19)22(27)17-23-11-13-24(14-12-23)20-9-6-10-21(15-20)26(28)29/h3-10,15,18H,11-14,16-17H2,1-2H3. The highest BCUT2D eigenvalue weighted by molar-refractivity contribution is 5.78. The molecule has 0 aromatic heterocycles. The van der Waals surface area contributed by atoms with Gasteiger partial charge in [-0.25, -0.2) is 0 Å². The van der Waals surface area contributed by atoms with Crippen molar-refractivity contribution in [2.75, 3.05) is 37.6 Å². The van der Waals surface area contributed by atoms with E-state index in [9.17, 15) is 14.9 Å². The fourth-order valence-corrected chi connectivity index (χ4v) is 3.59. The second-order valence-electron chi connectivity index (χ2n) is 7.64. The molecule has 29 heavy (non-hydrogen) atoms. The van der Waals surface area contributed by atoms with Crippen LogP contribution in [0.1, 0.15) is 19.4 Å². The third-order valence-corrected chi connectivity index (χ3v) is 5.28. The molecule has 7 nitrogen and oxygen atoms in total. The van der Waals surface area contributed by atoms with Crippen molar-refractivity contribution >= 4 is 17.3 Å². The van der Waals surface area contributed by atoms with Crippen molar-refractivity contribution in [1.82, 2.24) is 9.80 Å². The molecule has 2 aromatic carbocycles. The van der Waals surface area contributed by atoms with Crippen LogP contribution in [0.15, 0.2) is 54.6 Å². The predicted molar refractivity (Wildman–Crippen MR) is 114 cm³/mol. The second kappa shape index (κ2) is 9.52. The second-order valence-corrected chi connectivity index (χ2v) is 7.64. The summed E-state index contributed by atoms with van der Waals surface area (Å²) in [5.74, 6) is 0.132. The van der Waals surface area contributed by atoms with Gasteiger partial charge in [-0.3, -0.25) is 19.8 Å². The summed E-state index contributed by atoms with van der Waals surface area (Å²) in [5, 5.41) is 11.0. The molecule has 0 atom stereocenters. The van der Waals surface area contributed by atoms with E-state index in [0.717, 1.165) is 37.4 Å². The van der Waals surface area contributed by atoms with E-state index in [0.29, 0.717) is 13.1 Å². The van der Waals surface area contributed by atoms with Crippen LogP contribution in [0.25, 0.3) is 0 Å². The van der Waals surface area contributed by atoms with Gasteiger partial charge in [-0.15, -0.1) is 0 Å². The molecule has 0 unspecified atom stereocenters. The lowest BCUT2D eigenvalue weighted by atomic mass is 10.2. The zero-order valence-corrected chi connectivity index (χ0v) is 17.0. The summed E-state index contributed by atoms with van der Waals surface area (Å²) in [6.07, 6.45) is 0. The topological polar surface area (TPSA) is 69.9 Å². The summed E-state index contributed by atoms with van der Waals surface area (Å²) in [5.41, 5.74) is 2.09. The molecule has 1 fully saturated rings. The first kappa shape index (κ1) is 20.8. The minimum absolute atomic E-state index is 0.105. The summed E-state index contributed by atoms with van der Waals surface area (Å²) < 4.78 is 0. The first-order chi connectivity index (χ1) is 13.9. The monoisotopic (exact) mass is 396 g/mol. The van der Waals surface area contributed by atoms with Gasteiger partial charge < -0.3 is 9.80 Å². The van der Waals surface area contributed by atoms with Gasteiger partial charge in [-0.05, 0) is 25.5 Å². The fourth-order valence-electron chi connectivity index (χ4n) is 3.59. The molecule has 2 aromatic rings. The van der Waals surface area contributed by atoms with Gasteiger partial charge in [-0.1, -0.05) is 36.4 Å². The van der Waals surface area contributed by atoms with Gasteiger partial charge in [-0.2, -0.15) is 0 Å². The van der Waals surface area contributed by atoms with Crippen molar-refractivity contribution in [1.29, 1.82) is 0 Å². The molecule has 0 radical (unpaired) electrons. The zero-order chi connectivity index (χ0) is 20.8. The number of nitrogens with zero attached hydrogens (tertiary/aromatic N) is 4. The van der Waals surface area contributed by atoms with E-state index in [1.807, 2.05) is 55.1 Å². The van der Waals surface area contributed by atoms with Crippen molar-refractivity contribution < 1.29 is 9.72 Å². The molecule has 1 amide bonds. The molecular formula is C22H28N4O3. The van der Waals surface area contributed by atoms with Gasteiger partial charge in [0.25, 0.3) is 5.69 Å². The fraction of sp³-hybridized carbons (Fsp3) is 0.409. The van der Waals surface area contributed by atoms with Crippen LogP contribution in [0.4, 0.5) is 11.4 Å². The average Bonchev–Trinajstić information content (AvgIpc) is 2.73. The van der Waals surface area contributed by atoms with E-state index >= 15 is 0 Å². The number of amides is 1. The Hall–Kier alpha value is -2.93. The minimum atomic E-state index is -0.369. The number of hydrogen-bond acceptors (Lipinski definition) is 5. The number of nitro groups is 1. The molecule has 0 bridgehead atoms. The number of piperazine rings is 1. The molecule has 1 saturated heterocycles. The number of carbonyl (C=O) groups excluding carboxylic acids is 1. The van der Waals surface area contributed by atoms with Crippen LogP contribution in [0.5, 0.6) is 0 Å². The number of non-ortho nitro benzene ring substituents is 1. The Morgan fingerprint density at radius 1 is 1.07 bits per heavy atom. The largest absolute Gasteiger partial charge is 0.369 e. The molecule has 0 N–H and O–H groups in total. The molecule has 0 aliphatic carbocycles. The Kier molecular flexibility index (Phi) is 6.82. The van der Waals surface area contributed by atoms with Gasteiger partial charge >= 0.3 is 0 Å². The lowest BCUT2D eigenvalue weighted by Crippen LogP contribution is -2.51. The van der Waals surface area contributed by atoms with E-state index < -0.39 is 0 Å². The van der Waals surface area contributed by atoms with Crippen LogP contribution >= 0.6 is 0 Å². The van der Waals surface area contributed by atoms with E-state index in [-0.39, 0.29) is 22.6 Å². The molecule has 0 spiro atoms. The molecule has 0 saturated carbocycles. The molecule has 1 aliphatic heterocycles. The predicted octanol–water partition coefficient (Wildman–Crippen LogP) is 3.15. The summed E-state index contributed by atoms with van der Waals surface area (Å²) >= 11 is 0. The number of anilines is 1. The van der Waals surface area contributed by atoms with E-state index in [4.69, 9.17) is 0 Å². The molecule has 1 aliphatic rings. The van der Waals surface area contributed by atoms with Crippen LogP contribution in [-0.4, -0.2) is 59.4 Å². The van der Waals surface area contributed by atoms with Crippen molar-refractivity contribution in [3.8, 4) is 0 Å². The molecule has 7 heteroatoms. The van der Waals surface area contributed by atoms with Crippen LogP contribution in [0.3, 0.4) is 0 Å². The first-order valence-electron chi connectivity index (χ1n) is 9.99. The van der Waals surface area contributed by atoms with Crippen molar-refractivity contribution in [3.05, 3.63) is 70.3 Å². The van der Waals surface area contributed by atoms with E-state index in [1.165, 1.54) is 6.07 Å². The summed E-state index contributed by atoms with van der Waals surface area (Å²) in [7, 11) is 0. The van der Waals surface area contributed by atoms with E-state index in [2.05, 4.69) is 9.80 Å². The average molecular weight is 396 g/mol. The molecular weight excluding hydrogens is 368 g/mol. The number of benzene rings is 2. The maximum absolute atomic E-state index is 12.9. The van der Waals surface area contributed by atoms with Crippen LogP contribution in [0, 0.1) is 10.1 Å². The van der Waals surface area contributed by atoms with Gasteiger partial charge in [0.15, 0.2) is 0 Å². The maximum atomic E-state index is 12.9. The van der Waals surface area contributed by atoms with Crippen molar-refractivity contribution in [3.63, 3.8) is 0 Å². The number of rotatable bonds is 7. The quantitative estimate of drug-likeness (QED) is 0.531. The van der Waals surface area contributed by atoms with Crippen molar-refractivity contribution in [2.45, 2.75) is 26.4 Å². The Balaban J connectivity index is 1.56. The van der Waals surface area contributed by atoms with Crippen molar-refractivity contribution in [2.24, 2.45) is 0 Å². The smallest absolute Gasteiger partial charge is 0.271 e. The highest BCUT2D eigenvalue weighted by Crippen LogP contribution is 2.22. The number of hydrogen-bond donors (Lipinski definition) is 0. The number of carbonyl (C=O) groups is 1. The van der Waals surface area contributed by atoms with Gasteiger partial charge in [0.1, 0.15) is 0 Å². The van der Waals surface area contributed by atoms with E-state index in [1.54, 1.807) is 12.1 Å². The summed E-state index contributed by atoms with van der Waals surface area (Å²) in [4.78, 5) is 29.8. The summed E-state index contributed by atoms with van der Waals surface area (Å²) in [6.45, 7) is 8.10. The Morgan fingerprint density at radius 3 is 2.38 bits per heavy atom. The highest BCUT2D eigenvalue weighted by atomic mass is 16.6. The third kappa shape index (κ3) is 5.54. The maximum Gasteiger partial charge on any atom is 0.271 e. The minimum Gasteiger partial charge on any atom is -0.369 e.